The number of esters is 1. The molecule has 0 amide bonds. The number of carbonyl (C=O) groups excluding carboxylic acids is 2. The van der Waals surface area contributed by atoms with E-state index in [4.69, 9.17) is 9.84 Å². The molecule has 0 aromatic heterocycles. The lowest BCUT2D eigenvalue weighted by Gasteiger charge is -2.19. The van der Waals surface area contributed by atoms with E-state index in [2.05, 4.69) is 0 Å². The molecule has 4 heteroatoms. The van der Waals surface area contributed by atoms with Crippen molar-refractivity contribution in [1.82, 2.24) is 0 Å². The summed E-state index contributed by atoms with van der Waals surface area (Å²) in [6.07, 6.45) is 0.177. The number of ether oxygens (including phenoxy) is 1. The lowest BCUT2D eigenvalue weighted by molar-refractivity contribution is -0.154. The maximum absolute atomic E-state index is 11.7. The third kappa shape index (κ3) is 4.99. The van der Waals surface area contributed by atoms with Gasteiger partial charge in [0.1, 0.15) is 11.4 Å². The molecule has 0 saturated carbocycles. The number of Topliss-reactive ketones (excluding diaryl/α,β-unsaturated/α-hetero) is 1. The van der Waals surface area contributed by atoms with Crippen molar-refractivity contribution < 1.29 is 19.4 Å². The molecule has 0 fully saturated rings. The van der Waals surface area contributed by atoms with E-state index in [0.717, 1.165) is 0 Å². The minimum atomic E-state index is -0.529. The summed E-state index contributed by atoms with van der Waals surface area (Å²) < 4.78 is 5.11. The van der Waals surface area contributed by atoms with Crippen LogP contribution in [0.5, 0.6) is 5.75 Å². The molecule has 1 N–H and O–H groups in total. The van der Waals surface area contributed by atoms with Crippen molar-refractivity contribution >= 4 is 11.8 Å². The first-order valence-electron chi connectivity index (χ1n) is 5.82. The summed E-state index contributed by atoms with van der Waals surface area (Å²) >= 11 is 0. The Hall–Kier alpha value is -1.84. The Morgan fingerprint density at radius 3 is 2.17 bits per heavy atom. The Kier molecular flexibility index (Phi) is 4.48. The maximum atomic E-state index is 11.7. The van der Waals surface area contributed by atoms with E-state index in [1.807, 2.05) is 0 Å². The van der Waals surface area contributed by atoms with Gasteiger partial charge in [0, 0.05) is 12.0 Å². The molecule has 0 spiro atoms. The average Bonchev–Trinajstić information content (AvgIpc) is 2.24. The summed E-state index contributed by atoms with van der Waals surface area (Å²) in [5.41, 5.74) is -0.0464. The third-order valence-electron chi connectivity index (χ3n) is 2.17. The number of ketones is 1. The van der Waals surface area contributed by atoms with E-state index in [1.165, 1.54) is 24.3 Å². The zero-order valence-electron chi connectivity index (χ0n) is 10.9. The van der Waals surface area contributed by atoms with Crippen LogP contribution >= 0.6 is 0 Å². The molecule has 0 saturated heterocycles. The molecular weight excluding hydrogens is 232 g/mol. The van der Waals surface area contributed by atoms with E-state index < -0.39 is 5.60 Å². The zero-order valence-corrected chi connectivity index (χ0v) is 10.9. The Balaban J connectivity index is 2.47. The molecule has 0 bridgehead atoms. The molecule has 0 aliphatic heterocycles. The highest BCUT2D eigenvalue weighted by Gasteiger charge is 2.17. The van der Waals surface area contributed by atoms with Gasteiger partial charge in [-0.15, -0.1) is 0 Å². The first kappa shape index (κ1) is 14.2. The average molecular weight is 250 g/mol. The molecule has 0 atom stereocenters. The normalized spacial score (nSPS) is 11.1. The van der Waals surface area contributed by atoms with Gasteiger partial charge in [0.25, 0.3) is 0 Å². The SMILES string of the molecule is CC(C)(C)OC(=O)CCC(=O)c1ccc(O)cc1. The zero-order chi connectivity index (χ0) is 13.8. The Bertz CT molecular complexity index is 426. The number of aromatic hydroxyl groups is 1. The number of phenolic OH excluding ortho intramolecular Hbond substituents is 1. The van der Waals surface area contributed by atoms with Crippen molar-refractivity contribution in [3.8, 4) is 5.75 Å². The molecule has 0 aliphatic carbocycles. The number of hydrogen-bond donors (Lipinski definition) is 1. The Morgan fingerprint density at radius 1 is 1.11 bits per heavy atom. The molecule has 0 aliphatic rings. The Morgan fingerprint density at radius 2 is 1.67 bits per heavy atom. The van der Waals surface area contributed by atoms with E-state index in [1.54, 1.807) is 20.8 Å². The minimum Gasteiger partial charge on any atom is -0.508 e. The number of rotatable bonds is 4. The molecule has 1 aromatic rings. The quantitative estimate of drug-likeness (QED) is 0.659. The highest BCUT2D eigenvalue weighted by molar-refractivity contribution is 5.97. The van der Waals surface area contributed by atoms with Crippen LogP contribution < -0.4 is 0 Å². The van der Waals surface area contributed by atoms with Crippen LogP contribution in [0.2, 0.25) is 0 Å². The van der Waals surface area contributed by atoms with Gasteiger partial charge in [-0.3, -0.25) is 9.59 Å². The van der Waals surface area contributed by atoms with Gasteiger partial charge >= 0.3 is 5.97 Å². The summed E-state index contributed by atoms with van der Waals surface area (Å²) in [7, 11) is 0. The highest BCUT2D eigenvalue weighted by Crippen LogP contribution is 2.13. The summed E-state index contributed by atoms with van der Waals surface area (Å²) in [4.78, 5) is 23.2. The number of phenols is 1. The molecule has 0 radical (unpaired) electrons. The van der Waals surface area contributed by atoms with Gasteiger partial charge in [-0.25, -0.2) is 0 Å². The lowest BCUT2D eigenvalue weighted by Crippen LogP contribution is -2.24. The second-order valence-corrected chi connectivity index (χ2v) is 5.06. The van der Waals surface area contributed by atoms with E-state index in [-0.39, 0.29) is 30.3 Å². The highest BCUT2D eigenvalue weighted by atomic mass is 16.6. The van der Waals surface area contributed by atoms with Crippen LogP contribution in [0.4, 0.5) is 0 Å². The van der Waals surface area contributed by atoms with Crippen LogP contribution in [0, 0.1) is 0 Å². The van der Waals surface area contributed by atoms with Crippen LogP contribution in [0.15, 0.2) is 24.3 Å². The smallest absolute Gasteiger partial charge is 0.306 e. The largest absolute Gasteiger partial charge is 0.508 e. The number of benzene rings is 1. The van der Waals surface area contributed by atoms with Gasteiger partial charge in [-0.05, 0) is 45.0 Å². The van der Waals surface area contributed by atoms with Crippen molar-refractivity contribution in [3.63, 3.8) is 0 Å². The van der Waals surface area contributed by atoms with E-state index >= 15 is 0 Å². The first-order chi connectivity index (χ1) is 8.28. The molecule has 18 heavy (non-hydrogen) atoms. The molecule has 1 rings (SSSR count). The molecule has 0 heterocycles. The summed E-state index contributed by atoms with van der Waals surface area (Å²) in [5.74, 6) is -0.408. The van der Waals surface area contributed by atoms with Gasteiger partial charge < -0.3 is 9.84 Å². The van der Waals surface area contributed by atoms with Gasteiger partial charge in [-0.1, -0.05) is 0 Å². The predicted molar refractivity (Wildman–Crippen MR) is 67.5 cm³/mol. The van der Waals surface area contributed by atoms with Crippen molar-refractivity contribution in [2.24, 2.45) is 0 Å². The first-order valence-corrected chi connectivity index (χ1v) is 5.82. The van der Waals surface area contributed by atoms with Gasteiger partial charge in [0.15, 0.2) is 5.78 Å². The second kappa shape index (κ2) is 5.67. The fourth-order valence-corrected chi connectivity index (χ4v) is 1.40. The summed E-state index contributed by atoms with van der Waals surface area (Å²) in [5, 5.41) is 9.10. The van der Waals surface area contributed by atoms with Crippen LogP contribution in [0.25, 0.3) is 0 Å². The lowest BCUT2D eigenvalue weighted by atomic mass is 10.1. The van der Waals surface area contributed by atoms with Crippen molar-refractivity contribution in [1.29, 1.82) is 0 Å². The minimum absolute atomic E-state index is 0.0664. The summed E-state index contributed by atoms with van der Waals surface area (Å²) in [6, 6.07) is 5.96. The second-order valence-electron chi connectivity index (χ2n) is 5.06. The number of carbonyl (C=O) groups is 2. The van der Waals surface area contributed by atoms with Crippen LogP contribution in [0.1, 0.15) is 44.0 Å². The maximum Gasteiger partial charge on any atom is 0.306 e. The van der Waals surface area contributed by atoms with Gasteiger partial charge in [-0.2, -0.15) is 0 Å². The monoisotopic (exact) mass is 250 g/mol. The third-order valence-corrected chi connectivity index (χ3v) is 2.17. The van der Waals surface area contributed by atoms with Crippen molar-refractivity contribution in [2.75, 3.05) is 0 Å². The van der Waals surface area contributed by atoms with Crippen molar-refractivity contribution in [2.45, 2.75) is 39.2 Å². The van der Waals surface area contributed by atoms with Crippen LogP contribution in [0.3, 0.4) is 0 Å². The topological polar surface area (TPSA) is 63.6 Å². The standard InChI is InChI=1S/C14H18O4/c1-14(2,3)18-13(17)9-8-12(16)10-4-6-11(15)7-5-10/h4-7,15H,8-9H2,1-3H3. The molecule has 98 valence electrons. The van der Waals surface area contributed by atoms with E-state index in [9.17, 15) is 9.59 Å². The van der Waals surface area contributed by atoms with Gasteiger partial charge in [0.05, 0.1) is 6.42 Å². The van der Waals surface area contributed by atoms with Crippen LogP contribution in [-0.2, 0) is 9.53 Å². The molecular formula is C14H18O4. The fourth-order valence-electron chi connectivity index (χ4n) is 1.40. The fraction of sp³-hybridized carbons (Fsp3) is 0.429. The predicted octanol–water partition coefficient (Wildman–Crippen LogP) is 2.70. The van der Waals surface area contributed by atoms with Crippen LogP contribution in [-0.4, -0.2) is 22.5 Å². The molecule has 4 nitrogen and oxygen atoms in total. The van der Waals surface area contributed by atoms with Crippen molar-refractivity contribution in [3.05, 3.63) is 29.8 Å². The number of hydrogen-bond acceptors (Lipinski definition) is 4. The Labute approximate surface area is 107 Å². The summed E-state index contributed by atoms with van der Waals surface area (Å²) in [6.45, 7) is 5.35. The van der Waals surface area contributed by atoms with Gasteiger partial charge in [0.2, 0.25) is 0 Å². The van der Waals surface area contributed by atoms with E-state index in [0.29, 0.717) is 5.56 Å². The molecule has 1 aromatic carbocycles. The molecule has 0 unspecified atom stereocenters.